The number of anilines is 3. The van der Waals surface area contributed by atoms with E-state index >= 15 is 0 Å². The minimum Gasteiger partial charge on any atom is -0.378 e. The third kappa shape index (κ3) is 3.77. The van der Waals surface area contributed by atoms with E-state index in [0.29, 0.717) is 5.02 Å². The highest BCUT2D eigenvalue weighted by molar-refractivity contribution is 6.30. The number of rotatable bonds is 3. The Labute approximate surface area is 152 Å². The van der Waals surface area contributed by atoms with Gasteiger partial charge >= 0.3 is 0 Å². The van der Waals surface area contributed by atoms with E-state index in [4.69, 9.17) is 16.3 Å². The van der Waals surface area contributed by atoms with E-state index < -0.39 is 0 Å². The molecule has 4 heterocycles. The molecule has 0 saturated carbocycles. The Kier molecular flexibility index (Phi) is 4.85. The van der Waals surface area contributed by atoms with Crippen molar-refractivity contribution in [1.29, 1.82) is 0 Å². The predicted octanol–water partition coefficient (Wildman–Crippen LogP) is 1.69. The first-order chi connectivity index (χ1) is 12.3. The average molecular weight is 361 g/mol. The summed E-state index contributed by atoms with van der Waals surface area (Å²) in [5.74, 6) is 2.83. The van der Waals surface area contributed by atoms with Crippen molar-refractivity contribution in [2.24, 2.45) is 0 Å². The number of morpholine rings is 1. The molecule has 0 radical (unpaired) electrons. The van der Waals surface area contributed by atoms with E-state index in [-0.39, 0.29) is 0 Å². The summed E-state index contributed by atoms with van der Waals surface area (Å²) >= 11 is 5.91. The van der Waals surface area contributed by atoms with Crippen molar-refractivity contribution in [3.8, 4) is 0 Å². The first kappa shape index (κ1) is 16.4. The van der Waals surface area contributed by atoms with Gasteiger partial charge in [-0.2, -0.15) is 0 Å². The molecule has 2 aliphatic rings. The number of pyridine rings is 1. The molecule has 0 aromatic carbocycles. The zero-order valence-corrected chi connectivity index (χ0v) is 14.8. The van der Waals surface area contributed by atoms with Crippen molar-refractivity contribution in [3.05, 3.63) is 35.5 Å². The molecule has 2 saturated heterocycles. The summed E-state index contributed by atoms with van der Waals surface area (Å²) < 4.78 is 5.38. The van der Waals surface area contributed by atoms with Crippen LogP contribution in [0.25, 0.3) is 0 Å². The Morgan fingerprint density at radius 3 is 1.76 bits per heavy atom. The Morgan fingerprint density at radius 2 is 1.24 bits per heavy atom. The maximum Gasteiger partial charge on any atom is 0.151 e. The zero-order valence-electron chi connectivity index (χ0n) is 14.0. The van der Waals surface area contributed by atoms with Gasteiger partial charge in [0.25, 0.3) is 0 Å². The van der Waals surface area contributed by atoms with Crippen LogP contribution in [0.15, 0.2) is 30.5 Å². The van der Waals surface area contributed by atoms with Crippen LogP contribution in [0.5, 0.6) is 0 Å². The first-order valence-electron chi connectivity index (χ1n) is 8.57. The molecular weight excluding hydrogens is 340 g/mol. The van der Waals surface area contributed by atoms with Gasteiger partial charge in [-0.3, -0.25) is 0 Å². The van der Waals surface area contributed by atoms with Gasteiger partial charge in [-0.05, 0) is 24.3 Å². The second-order valence-electron chi connectivity index (χ2n) is 6.16. The van der Waals surface area contributed by atoms with Gasteiger partial charge < -0.3 is 19.4 Å². The molecule has 2 aliphatic heterocycles. The minimum atomic E-state index is 0.665. The van der Waals surface area contributed by atoms with Crippen molar-refractivity contribution < 1.29 is 4.74 Å². The molecule has 2 aromatic heterocycles. The molecule has 0 atom stereocenters. The lowest BCUT2D eigenvalue weighted by Gasteiger charge is -2.36. The summed E-state index contributed by atoms with van der Waals surface area (Å²) in [7, 11) is 0. The second kappa shape index (κ2) is 7.41. The lowest BCUT2D eigenvalue weighted by molar-refractivity contribution is 0.122. The third-order valence-corrected chi connectivity index (χ3v) is 4.83. The number of hydrogen-bond donors (Lipinski definition) is 0. The number of ether oxygens (including phenoxy) is 1. The van der Waals surface area contributed by atoms with E-state index in [9.17, 15) is 0 Å². The van der Waals surface area contributed by atoms with Gasteiger partial charge in [-0.25, -0.2) is 4.98 Å². The van der Waals surface area contributed by atoms with Crippen LogP contribution in [0.1, 0.15) is 0 Å². The minimum absolute atomic E-state index is 0.665. The topological polar surface area (TPSA) is 57.6 Å². The van der Waals surface area contributed by atoms with Crippen LogP contribution in [0.3, 0.4) is 0 Å². The van der Waals surface area contributed by atoms with Crippen molar-refractivity contribution in [2.75, 3.05) is 67.2 Å². The molecular formula is C17H21ClN6O. The summed E-state index contributed by atoms with van der Waals surface area (Å²) in [4.78, 5) is 11.1. The summed E-state index contributed by atoms with van der Waals surface area (Å²) in [6.45, 7) is 6.87. The van der Waals surface area contributed by atoms with Gasteiger partial charge in [0.2, 0.25) is 0 Å². The highest BCUT2D eigenvalue weighted by Gasteiger charge is 2.20. The van der Waals surface area contributed by atoms with Crippen LogP contribution in [0.2, 0.25) is 5.02 Å². The number of hydrogen-bond acceptors (Lipinski definition) is 7. The van der Waals surface area contributed by atoms with Crippen LogP contribution < -0.4 is 14.7 Å². The number of piperazine rings is 1. The first-order valence-corrected chi connectivity index (χ1v) is 8.95. The Hall–Kier alpha value is -2.12. The number of halogens is 1. The van der Waals surface area contributed by atoms with E-state index in [0.717, 1.165) is 69.9 Å². The molecule has 4 rings (SSSR count). The van der Waals surface area contributed by atoms with E-state index in [1.54, 1.807) is 6.20 Å². The Bertz CT molecular complexity index is 681. The van der Waals surface area contributed by atoms with Crippen LogP contribution in [-0.2, 0) is 4.74 Å². The van der Waals surface area contributed by atoms with E-state index in [2.05, 4.69) is 42.0 Å². The fraction of sp³-hybridized carbons (Fsp3) is 0.471. The molecule has 0 unspecified atom stereocenters. The van der Waals surface area contributed by atoms with Crippen LogP contribution in [0.4, 0.5) is 17.5 Å². The monoisotopic (exact) mass is 360 g/mol. The van der Waals surface area contributed by atoms with Gasteiger partial charge in [0.15, 0.2) is 11.6 Å². The summed E-state index contributed by atoms with van der Waals surface area (Å²) in [6.07, 6.45) is 1.69. The van der Waals surface area contributed by atoms with Crippen molar-refractivity contribution in [3.63, 3.8) is 0 Å². The van der Waals surface area contributed by atoms with Crippen LogP contribution in [0, 0.1) is 0 Å². The number of nitrogens with zero attached hydrogens (tertiary/aromatic N) is 6. The predicted molar refractivity (Wildman–Crippen MR) is 98.7 cm³/mol. The standard InChI is InChI=1S/C17H21ClN6O/c18-14-1-2-15(19-13-14)22-5-7-23(8-6-22)16-3-4-17(21-20-16)24-9-11-25-12-10-24/h1-4,13H,5-12H2. The average Bonchev–Trinajstić information content (AvgIpc) is 2.70. The van der Waals surface area contributed by atoms with E-state index in [1.807, 2.05) is 12.1 Å². The fourth-order valence-corrected chi connectivity index (χ4v) is 3.28. The second-order valence-corrected chi connectivity index (χ2v) is 6.59. The Balaban J connectivity index is 1.36. The lowest BCUT2D eigenvalue weighted by atomic mass is 10.3. The van der Waals surface area contributed by atoms with E-state index in [1.165, 1.54) is 0 Å². The molecule has 0 N–H and O–H groups in total. The quantitative estimate of drug-likeness (QED) is 0.825. The van der Waals surface area contributed by atoms with Crippen molar-refractivity contribution in [1.82, 2.24) is 15.2 Å². The molecule has 2 aromatic rings. The largest absolute Gasteiger partial charge is 0.378 e. The highest BCUT2D eigenvalue weighted by atomic mass is 35.5. The van der Waals surface area contributed by atoms with Crippen LogP contribution >= 0.6 is 11.6 Å². The van der Waals surface area contributed by atoms with Gasteiger partial charge in [0.05, 0.1) is 18.2 Å². The number of aromatic nitrogens is 3. The molecule has 0 amide bonds. The molecule has 0 bridgehead atoms. The third-order valence-electron chi connectivity index (χ3n) is 4.61. The van der Waals surface area contributed by atoms with Gasteiger partial charge in [0.1, 0.15) is 5.82 Å². The van der Waals surface area contributed by atoms with Gasteiger partial charge in [0, 0.05) is 45.5 Å². The lowest BCUT2D eigenvalue weighted by Crippen LogP contribution is -2.47. The molecule has 25 heavy (non-hydrogen) atoms. The molecule has 2 fully saturated rings. The normalized spacial score (nSPS) is 18.5. The smallest absolute Gasteiger partial charge is 0.151 e. The molecule has 7 nitrogen and oxygen atoms in total. The van der Waals surface area contributed by atoms with Crippen LogP contribution in [-0.4, -0.2) is 67.7 Å². The van der Waals surface area contributed by atoms with Crippen molar-refractivity contribution in [2.45, 2.75) is 0 Å². The highest BCUT2D eigenvalue weighted by Crippen LogP contribution is 2.20. The van der Waals surface area contributed by atoms with Gasteiger partial charge in [-0.1, -0.05) is 11.6 Å². The van der Waals surface area contributed by atoms with Crippen molar-refractivity contribution >= 4 is 29.1 Å². The summed E-state index contributed by atoms with van der Waals surface area (Å²) in [6, 6.07) is 7.97. The summed E-state index contributed by atoms with van der Waals surface area (Å²) in [5, 5.41) is 9.50. The SMILES string of the molecule is Clc1ccc(N2CCN(c3ccc(N4CCOCC4)nn3)CC2)nc1. The molecule has 0 aliphatic carbocycles. The zero-order chi connectivity index (χ0) is 17.1. The summed E-state index contributed by atoms with van der Waals surface area (Å²) in [5.41, 5.74) is 0. The molecule has 8 heteroatoms. The fourth-order valence-electron chi connectivity index (χ4n) is 3.17. The van der Waals surface area contributed by atoms with Gasteiger partial charge in [-0.15, -0.1) is 10.2 Å². The Morgan fingerprint density at radius 1 is 0.720 bits per heavy atom. The molecule has 132 valence electrons. The maximum atomic E-state index is 5.91. The maximum absolute atomic E-state index is 5.91. The molecule has 0 spiro atoms.